The minimum Gasteiger partial charge on any atom is -0.372 e. The molecule has 3 aliphatic heterocycles. The maximum atomic E-state index is 13.2. The van der Waals surface area contributed by atoms with Gasteiger partial charge in [0.1, 0.15) is 0 Å². The van der Waals surface area contributed by atoms with Crippen LogP contribution in [0.15, 0.2) is 60.7 Å². The molecule has 0 unspecified atom stereocenters. The van der Waals surface area contributed by atoms with E-state index in [1.807, 2.05) is 41.3 Å². The minimum atomic E-state index is -0.0834. The Morgan fingerprint density at radius 2 is 1.32 bits per heavy atom. The number of rotatable bonds is 9. The molecule has 0 saturated carbocycles. The van der Waals surface area contributed by atoms with Crippen molar-refractivity contribution in [2.45, 2.75) is 45.2 Å². The fourth-order valence-electron chi connectivity index (χ4n) is 6.54. The summed E-state index contributed by atoms with van der Waals surface area (Å²) in [6.07, 6.45) is 5.15. The Morgan fingerprint density at radius 3 is 2.00 bits per heavy atom. The molecular weight excluding hydrogens is 593 g/mol. The molecule has 0 atom stereocenters. The van der Waals surface area contributed by atoms with Crippen LogP contribution in [0.1, 0.15) is 52.7 Å². The van der Waals surface area contributed by atoms with Crippen molar-refractivity contribution in [3.8, 4) is 0 Å². The number of nitrogens with zero attached hydrogens (tertiary/aromatic N) is 4. The van der Waals surface area contributed by atoms with Crippen molar-refractivity contribution in [3.05, 3.63) is 93.0 Å². The van der Waals surface area contributed by atoms with Gasteiger partial charge in [-0.25, -0.2) is 0 Å². The van der Waals surface area contributed by atoms with Gasteiger partial charge in [-0.2, -0.15) is 0 Å². The first-order valence-corrected chi connectivity index (χ1v) is 16.6. The van der Waals surface area contributed by atoms with Gasteiger partial charge >= 0.3 is 0 Å². The highest BCUT2D eigenvalue weighted by atomic mass is 35.5. The summed E-state index contributed by atoms with van der Waals surface area (Å²) in [7, 11) is 0. The first kappa shape index (κ1) is 30.8. The summed E-state index contributed by atoms with van der Waals surface area (Å²) >= 11 is 13.2. The van der Waals surface area contributed by atoms with Crippen LogP contribution in [0.5, 0.6) is 0 Å². The Labute approximate surface area is 270 Å². The Morgan fingerprint density at radius 1 is 0.682 bits per heavy atom. The zero-order valence-corrected chi connectivity index (χ0v) is 26.8. The third-order valence-electron chi connectivity index (χ3n) is 9.10. The molecule has 0 aromatic heterocycles. The van der Waals surface area contributed by atoms with Gasteiger partial charge in [-0.3, -0.25) is 14.5 Å². The molecule has 1 N–H and O–H groups in total. The molecule has 3 heterocycles. The van der Waals surface area contributed by atoms with Crippen LogP contribution in [0.2, 0.25) is 10.0 Å². The zero-order valence-electron chi connectivity index (χ0n) is 25.2. The molecule has 3 saturated heterocycles. The van der Waals surface area contributed by atoms with Crippen LogP contribution in [0.4, 0.5) is 11.4 Å². The van der Waals surface area contributed by atoms with Crippen molar-refractivity contribution in [1.29, 1.82) is 0 Å². The fourth-order valence-corrected chi connectivity index (χ4v) is 7.20. The standard InChI is InChI=1S/C35H41Cl2N5O2/c36-32-21-27(25-39-12-1-2-13-39)22-33(37)31(32)23-34(43)42-18-16-41(17-19-42)29-10-8-28(9-11-29)35(44)38-24-26-6-5-7-30(20-26)40-14-3-4-15-40/h5-11,20-22H,1-4,12-19,23-25H2,(H,38,44). The van der Waals surface area contributed by atoms with Crippen LogP contribution in [-0.4, -0.2) is 74.0 Å². The lowest BCUT2D eigenvalue weighted by molar-refractivity contribution is -0.130. The molecule has 9 heteroatoms. The number of likely N-dealkylation sites (tertiary alicyclic amines) is 1. The first-order chi connectivity index (χ1) is 21.4. The number of carbonyl (C=O) groups excluding carboxylic acids is 2. The van der Waals surface area contributed by atoms with E-state index in [1.54, 1.807) is 0 Å². The molecule has 3 aromatic rings. The van der Waals surface area contributed by atoms with Crippen LogP contribution < -0.4 is 15.1 Å². The Hall–Kier alpha value is -3.26. The van der Waals surface area contributed by atoms with E-state index in [9.17, 15) is 9.59 Å². The molecular formula is C35H41Cl2N5O2. The summed E-state index contributed by atoms with van der Waals surface area (Å²) < 4.78 is 0. The molecule has 6 rings (SSSR count). The largest absolute Gasteiger partial charge is 0.372 e. The van der Waals surface area contributed by atoms with Crippen LogP contribution >= 0.6 is 23.2 Å². The maximum Gasteiger partial charge on any atom is 0.251 e. The Balaban J connectivity index is 0.975. The number of benzene rings is 3. The van der Waals surface area contributed by atoms with Crippen molar-refractivity contribution in [2.75, 3.05) is 62.2 Å². The smallest absolute Gasteiger partial charge is 0.251 e. The first-order valence-electron chi connectivity index (χ1n) is 15.9. The topological polar surface area (TPSA) is 59.1 Å². The van der Waals surface area contributed by atoms with Gasteiger partial charge < -0.3 is 20.0 Å². The molecule has 7 nitrogen and oxygen atoms in total. The van der Waals surface area contributed by atoms with Gasteiger partial charge in [-0.15, -0.1) is 0 Å². The summed E-state index contributed by atoms with van der Waals surface area (Å²) in [4.78, 5) is 35.0. The SMILES string of the molecule is O=C(NCc1cccc(N2CCCC2)c1)c1ccc(N2CCN(C(=O)Cc3c(Cl)cc(CN4CCCC4)cc3Cl)CC2)cc1. The molecule has 0 bridgehead atoms. The van der Waals surface area contributed by atoms with Crippen LogP contribution in [0, 0.1) is 0 Å². The van der Waals surface area contributed by atoms with Crippen LogP contribution in [0.25, 0.3) is 0 Å². The summed E-state index contributed by atoms with van der Waals surface area (Å²) in [5, 5.41) is 4.20. The van der Waals surface area contributed by atoms with E-state index >= 15 is 0 Å². The lowest BCUT2D eigenvalue weighted by Gasteiger charge is -2.36. The van der Waals surface area contributed by atoms with Crippen molar-refractivity contribution >= 4 is 46.4 Å². The van der Waals surface area contributed by atoms with Gasteiger partial charge in [0.25, 0.3) is 5.91 Å². The van der Waals surface area contributed by atoms with E-state index < -0.39 is 0 Å². The number of piperazine rings is 1. The van der Waals surface area contributed by atoms with Gasteiger partial charge in [0.15, 0.2) is 0 Å². The molecule has 3 aromatic carbocycles. The second-order valence-electron chi connectivity index (χ2n) is 12.2. The zero-order chi connectivity index (χ0) is 30.5. The van der Waals surface area contributed by atoms with Crippen molar-refractivity contribution < 1.29 is 9.59 Å². The number of nitrogens with one attached hydrogen (secondary N) is 1. The molecule has 232 valence electrons. The quantitative estimate of drug-likeness (QED) is 0.313. The summed E-state index contributed by atoms with van der Waals surface area (Å²) in [5.74, 6) is -0.0429. The van der Waals surface area contributed by atoms with Gasteiger partial charge in [0.05, 0.1) is 6.42 Å². The van der Waals surface area contributed by atoms with Gasteiger partial charge in [-0.1, -0.05) is 35.3 Å². The van der Waals surface area contributed by atoms with Gasteiger partial charge in [-0.05, 0) is 104 Å². The van der Waals surface area contributed by atoms with Crippen LogP contribution in [0.3, 0.4) is 0 Å². The highest BCUT2D eigenvalue weighted by Gasteiger charge is 2.24. The average molecular weight is 635 g/mol. The fraction of sp³-hybridized carbons (Fsp3) is 0.429. The third-order valence-corrected chi connectivity index (χ3v) is 9.77. The molecule has 3 aliphatic rings. The van der Waals surface area contributed by atoms with Gasteiger partial charge in [0.2, 0.25) is 5.91 Å². The minimum absolute atomic E-state index is 0.0405. The molecule has 3 fully saturated rings. The number of carbonyl (C=O) groups is 2. The summed E-state index contributed by atoms with van der Waals surface area (Å²) in [6.45, 7) is 8.45. The number of hydrogen-bond acceptors (Lipinski definition) is 5. The van der Waals surface area contributed by atoms with Crippen molar-refractivity contribution in [1.82, 2.24) is 15.1 Å². The molecule has 0 radical (unpaired) electrons. The number of amides is 2. The molecule has 44 heavy (non-hydrogen) atoms. The summed E-state index contributed by atoms with van der Waals surface area (Å²) in [5.41, 5.74) is 5.82. The van der Waals surface area contributed by atoms with Crippen LogP contribution in [-0.2, 0) is 24.3 Å². The number of halogens is 2. The predicted molar refractivity (Wildman–Crippen MR) is 179 cm³/mol. The highest BCUT2D eigenvalue weighted by molar-refractivity contribution is 6.36. The lowest BCUT2D eigenvalue weighted by Crippen LogP contribution is -2.49. The summed E-state index contributed by atoms with van der Waals surface area (Å²) in [6, 6.07) is 20.1. The van der Waals surface area contributed by atoms with Gasteiger partial charge in [0, 0.05) is 79.3 Å². The normalized spacial score (nSPS) is 17.4. The van der Waals surface area contributed by atoms with Crippen molar-refractivity contribution in [2.24, 2.45) is 0 Å². The van der Waals surface area contributed by atoms with Crippen molar-refractivity contribution in [3.63, 3.8) is 0 Å². The van der Waals surface area contributed by atoms with E-state index in [4.69, 9.17) is 23.2 Å². The molecule has 0 spiro atoms. The third kappa shape index (κ3) is 7.51. The Bertz CT molecular complexity index is 1440. The maximum absolute atomic E-state index is 13.2. The highest BCUT2D eigenvalue weighted by Crippen LogP contribution is 2.29. The van der Waals surface area contributed by atoms with E-state index in [0.717, 1.165) is 62.6 Å². The number of anilines is 2. The molecule has 0 aliphatic carbocycles. The van der Waals surface area contributed by atoms with E-state index in [1.165, 1.54) is 31.4 Å². The average Bonchev–Trinajstić information content (AvgIpc) is 3.77. The van der Waals surface area contributed by atoms with E-state index in [2.05, 4.69) is 44.3 Å². The van der Waals surface area contributed by atoms with E-state index in [0.29, 0.717) is 40.8 Å². The number of hydrogen-bond donors (Lipinski definition) is 1. The monoisotopic (exact) mass is 633 g/mol. The Kier molecular flexibility index (Phi) is 9.95. The van der Waals surface area contributed by atoms with E-state index in [-0.39, 0.29) is 18.2 Å². The lowest BCUT2D eigenvalue weighted by atomic mass is 10.1. The predicted octanol–water partition coefficient (Wildman–Crippen LogP) is 6.01. The molecule has 2 amide bonds. The second-order valence-corrected chi connectivity index (χ2v) is 13.0. The second kappa shape index (κ2) is 14.2.